The molecule has 1 atom stereocenters. The fourth-order valence-corrected chi connectivity index (χ4v) is 3.14. The molecule has 1 aromatic carbocycles. The normalized spacial score (nSPS) is 12.2. The van der Waals surface area contributed by atoms with Crippen molar-refractivity contribution in [3.63, 3.8) is 0 Å². The zero-order valence-electron chi connectivity index (χ0n) is 13.8. The SMILES string of the molecule is CC[C@H](Oc1ccccc1)C(=O)Nc1nn2c(-c3ccco3)nnc2s1. The minimum atomic E-state index is -0.615. The molecule has 0 radical (unpaired) electrons. The highest BCUT2D eigenvalue weighted by Crippen LogP contribution is 2.24. The number of fused-ring (bicyclic) bond motifs is 1. The number of hydrogen-bond donors (Lipinski definition) is 1. The number of aromatic nitrogens is 4. The molecular formula is C17H15N5O3S. The van der Waals surface area contributed by atoms with Crippen LogP contribution in [0.25, 0.3) is 16.5 Å². The number of furan rings is 1. The Morgan fingerprint density at radius 1 is 1.27 bits per heavy atom. The van der Waals surface area contributed by atoms with Crippen LogP contribution in [-0.2, 0) is 4.79 Å². The van der Waals surface area contributed by atoms with Gasteiger partial charge in [-0.15, -0.1) is 15.3 Å². The highest BCUT2D eigenvalue weighted by molar-refractivity contribution is 7.20. The van der Waals surface area contributed by atoms with Gasteiger partial charge in [-0.1, -0.05) is 36.5 Å². The molecule has 0 unspecified atom stereocenters. The fraction of sp³-hybridized carbons (Fsp3) is 0.176. The van der Waals surface area contributed by atoms with Crippen molar-refractivity contribution in [3.8, 4) is 17.3 Å². The van der Waals surface area contributed by atoms with E-state index in [1.807, 2.05) is 37.3 Å². The Morgan fingerprint density at radius 2 is 2.12 bits per heavy atom. The van der Waals surface area contributed by atoms with Crippen LogP contribution in [0, 0.1) is 0 Å². The maximum Gasteiger partial charge on any atom is 0.267 e. The highest BCUT2D eigenvalue weighted by Gasteiger charge is 2.21. The second-order valence-electron chi connectivity index (χ2n) is 5.42. The molecule has 0 saturated carbocycles. The van der Waals surface area contributed by atoms with Gasteiger partial charge in [0.15, 0.2) is 11.9 Å². The van der Waals surface area contributed by atoms with Gasteiger partial charge < -0.3 is 9.15 Å². The third-order valence-electron chi connectivity index (χ3n) is 3.65. The van der Waals surface area contributed by atoms with E-state index in [1.165, 1.54) is 15.9 Å². The lowest BCUT2D eigenvalue weighted by molar-refractivity contribution is -0.122. The molecule has 3 aromatic heterocycles. The van der Waals surface area contributed by atoms with Crippen LogP contribution in [-0.4, -0.2) is 31.8 Å². The minimum Gasteiger partial charge on any atom is -0.481 e. The van der Waals surface area contributed by atoms with Crippen molar-refractivity contribution in [2.75, 3.05) is 5.32 Å². The Balaban J connectivity index is 1.52. The van der Waals surface area contributed by atoms with Gasteiger partial charge in [-0.25, -0.2) is 0 Å². The van der Waals surface area contributed by atoms with Crippen molar-refractivity contribution in [1.82, 2.24) is 19.8 Å². The largest absolute Gasteiger partial charge is 0.481 e. The van der Waals surface area contributed by atoms with E-state index in [0.717, 1.165) is 0 Å². The van der Waals surface area contributed by atoms with Gasteiger partial charge in [0.1, 0.15) is 5.75 Å². The molecule has 3 heterocycles. The average Bonchev–Trinajstić information content (AvgIpc) is 3.37. The van der Waals surface area contributed by atoms with Crippen molar-refractivity contribution >= 4 is 27.3 Å². The number of anilines is 1. The van der Waals surface area contributed by atoms with E-state index in [4.69, 9.17) is 9.15 Å². The van der Waals surface area contributed by atoms with Gasteiger partial charge in [0.05, 0.1) is 6.26 Å². The number of carbonyl (C=O) groups is 1. The summed E-state index contributed by atoms with van der Waals surface area (Å²) in [5.41, 5.74) is 0. The second-order valence-corrected chi connectivity index (χ2v) is 6.38. The quantitative estimate of drug-likeness (QED) is 0.561. The maximum atomic E-state index is 12.5. The topological polar surface area (TPSA) is 94.5 Å². The van der Waals surface area contributed by atoms with E-state index in [0.29, 0.717) is 33.8 Å². The zero-order chi connectivity index (χ0) is 17.9. The molecule has 132 valence electrons. The molecule has 0 fully saturated rings. The van der Waals surface area contributed by atoms with Crippen LogP contribution in [0.2, 0.25) is 0 Å². The third kappa shape index (κ3) is 3.16. The Kier molecular flexibility index (Phi) is 4.36. The van der Waals surface area contributed by atoms with Gasteiger partial charge in [-0.3, -0.25) is 10.1 Å². The van der Waals surface area contributed by atoms with Crippen LogP contribution in [0.3, 0.4) is 0 Å². The molecular weight excluding hydrogens is 354 g/mol. The molecule has 1 N–H and O–H groups in total. The number of amides is 1. The summed E-state index contributed by atoms with van der Waals surface area (Å²) in [6.07, 6.45) is 1.47. The van der Waals surface area contributed by atoms with Gasteiger partial charge in [-0.05, 0) is 30.7 Å². The molecule has 9 heteroatoms. The van der Waals surface area contributed by atoms with Crippen LogP contribution >= 0.6 is 11.3 Å². The number of rotatable bonds is 6. The van der Waals surface area contributed by atoms with E-state index in [1.54, 1.807) is 18.4 Å². The number of nitrogens with zero attached hydrogens (tertiary/aromatic N) is 4. The first-order valence-electron chi connectivity index (χ1n) is 8.03. The van der Waals surface area contributed by atoms with Gasteiger partial charge in [0, 0.05) is 0 Å². The summed E-state index contributed by atoms with van der Waals surface area (Å²) in [5.74, 6) is 1.42. The predicted molar refractivity (Wildman–Crippen MR) is 96.1 cm³/mol. The smallest absolute Gasteiger partial charge is 0.267 e. The summed E-state index contributed by atoms with van der Waals surface area (Å²) in [5, 5.41) is 15.7. The summed E-state index contributed by atoms with van der Waals surface area (Å²) in [4.78, 5) is 13.1. The van der Waals surface area contributed by atoms with Crippen LogP contribution in [0.5, 0.6) is 5.75 Å². The van der Waals surface area contributed by atoms with E-state index in [2.05, 4.69) is 20.6 Å². The summed E-state index contributed by atoms with van der Waals surface area (Å²) in [7, 11) is 0. The van der Waals surface area contributed by atoms with Crippen LogP contribution in [0.15, 0.2) is 53.1 Å². The number of ether oxygens (including phenoxy) is 1. The Bertz CT molecular complexity index is 1010. The summed E-state index contributed by atoms with van der Waals surface area (Å²) in [6.45, 7) is 1.89. The van der Waals surface area contributed by atoms with Crippen molar-refractivity contribution in [3.05, 3.63) is 48.7 Å². The lowest BCUT2D eigenvalue weighted by Gasteiger charge is -2.16. The monoisotopic (exact) mass is 369 g/mol. The minimum absolute atomic E-state index is 0.263. The average molecular weight is 369 g/mol. The molecule has 0 saturated heterocycles. The number of benzene rings is 1. The van der Waals surface area contributed by atoms with Crippen LogP contribution in [0.4, 0.5) is 5.13 Å². The number of hydrogen-bond acceptors (Lipinski definition) is 7. The molecule has 4 rings (SSSR count). The summed E-state index contributed by atoms with van der Waals surface area (Å²) >= 11 is 1.23. The third-order valence-corrected chi connectivity index (χ3v) is 4.46. The summed E-state index contributed by atoms with van der Waals surface area (Å²) < 4.78 is 12.6. The first-order valence-corrected chi connectivity index (χ1v) is 8.85. The maximum absolute atomic E-state index is 12.5. The van der Waals surface area contributed by atoms with Crippen LogP contribution < -0.4 is 10.1 Å². The van der Waals surface area contributed by atoms with Gasteiger partial charge in [0.2, 0.25) is 15.9 Å². The molecule has 0 aliphatic carbocycles. The van der Waals surface area contributed by atoms with Gasteiger partial charge in [0.25, 0.3) is 5.91 Å². The van der Waals surface area contributed by atoms with Gasteiger partial charge >= 0.3 is 0 Å². The molecule has 0 spiro atoms. The molecule has 26 heavy (non-hydrogen) atoms. The Labute approximate surface area is 152 Å². The van der Waals surface area contributed by atoms with Crippen molar-refractivity contribution in [2.45, 2.75) is 19.4 Å². The van der Waals surface area contributed by atoms with Crippen LogP contribution in [0.1, 0.15) is 13.3 Å². The fourth-order valence-electron chi connectivity index (χ4n) is 2.40. The Hall–Kier alpha value is -3.20. The standard InChI is InChI=1S/C17H15N5O3S/c1-2-12(25-11-7-4-3-5-8-11)15(23)18-16-21-22-14(13-9-6-10-24-13)19-20-17(22)26-16/h3-10,12H,2H2,1H3,(H,18,21,23)/t12-/m0/s1. The molecule has 0 bridgehead atoms. The summed E-state index contributed by atoms with van der Waals surface area (Å²) in [6, 6.07) is 12.8. The van der Waals surface area contributed by atoms with E-state index >= 15 is 0 Å². The number of nitrogens with one attached hydrogen (secondary N) is 1. The second kappa shape index (κ2) is 6.96. The van der Waals surface area contributed by atoms with Crippen molar-refractivity contribution < 1.29 is 13.9 Å². The molecule has 1 amide bonds. The first kappa shape index (κ1) is 16.3. The van der Waals surface area contributed by atoms with Crippen molar-refractivity contribution in [1.29, 1.82) is 0 Å². The zero-order valence-corrected chi connectivity index (χ0v) is 14.6. The molecule has 4 aromatic rings. The number of carbonyl (C=O) groups excluding carboxylic acids is 1. The van der Waals surface area contributed by atoms with E-state index in [9.17, 15) is 4.79 Å². The van der Waals surface area contributed by atoms with Gasteiger partial charge in [-0.2, -0.15) is 4.52 Å². The lowest BCUT2D eigenvalue weighted by atomic mass is 10.2. The highest BCUT2D eigenvalue weighted by atomic mass is 32.1. The van der Waals surface area contributed by atoms with Crippen molar-refractivity contribution in [2.24, 2.45) is 0 Å². The lowest BCUT2D eigenvalue weighted by Crippen LogP contribution is -2.32. The molecule has 0 aliphatic heterocycles. The van der Waals surface area contributed by atoms with E-state index in [-0.39, 0.29) is 5.91 Å². The predicted octanol–water partition coefficient (Wildman–Crippen LogP) is 3.24. The molecule has 0 aliphatic rings. The Morgan fingerprint density at radius 3 is 2.85 bits per heavy atom. The number of para-hydroxylation sites is 1. The van der Waals surface area contributed by atoms with E-state index < -0.39 is 6.10 Å². The molecule has 8 nitrogen and oxygen atoms in total. The first-order chi connectivity index (χ1) is 12.7.